The lowest BCUT2D eigenvalue weighted by Crippen LogP contribution is -2.03. The lowest BCUT2D eigenvalue weighted by Gasteiger charge is -2.07. The SMILES string of the molecule is O=[N+]([O-])c1ccc(NCc2cc(F)c(F)cc2F)cc1. The Balaban J connectivity index is 2.09. The second-order valence-electron chi connectivity index (χ2n) is 4.02. The Morgan fingerprint density at radius 2 is 1.60 bits per heavy atom. The van der Waals surface area contributed by atoms with Gasteiger partial charge in [0.15, 0.2) is 11.6 Å². The molecular weight excluding hydrogens is 273 g/mol. The van der Waals surface area contributed by atoms with E-state index in [0.29, 0.717) is 11.8 Å². The van der Waals surface area contributed by atoms with Crippen LogP contribution in [0.3, 0.4) is 0 Å². The highest BCUT2D eigenvalue weighted by molar-refractivity contribution is 5.48. The average molecular weight is 282 g/mol. The number of hydrogen-bond acceptors (Lipinski definition) is 3. The van der Waals surface area contributed by atoms with Gasteiger partial charge >= 0.3 is 0 Å². The highest BCUT2D eigenvalue weighted by atomic mass is 19.2. The van der Waals surface area contributed by atoms with Crippen LogP contribution in [0.25, 0.3) is 0 Å². The number of non-ortho nitro benzene ring substituents is 1. The third-order valence-electron chi connectivity index (χ3n) is 2.65. The molecule has 2 rings (SSSR count). The highest BCUT2D eigenvalue weighted by Gasteiger charge is 2.10. The summed E-state index contributed by atoms with van der Waals surface area (Å²) in [6.07, 6.45) is 0. The van der Waals surface area contributed by atoms with Crippen molar-refractivity contribution in [2.75, 3.05) is 5.32 Å². The first kappa shape index (κ1) is 13.9. The largest absolute Gasteiger partial charge is 0.381 e. The van der Waals surface area contributed by atoms with Gasteiger partial charge in [-0.3, -0.25) is 10.1 Å². The van der Waals surface area contributed by atoms with Gasteiger partial charge in [-0.1, -0.05) is 0 Å². The van der Waals surface area contributed by atoms with Crippen LogP contribution in [0.5, 0.6) is 0 Å². The fraction of sp³-hybridized carbons (Fsp3) is 0.0769. The maximum atomic E-state index is 13.4. The van der Waals surface area contributed by atoms with Gasteiger partial charge in [0, 0.05) is 36.0 Å². The van der Waals surface area contributed by atoms with Gasteiger partial charge in [-0.2, -0.15) is 0 Å². The van der Waals surface area contributed by atoms with E-state index >= 15 is 0 Å². The Morgan fingerprint density at radius 1 is 1.00 bits per heavy atom. The Morgan fingerprint density at radius 3 is 2.20 bits per heavy atom. The van der Waals surface area contributed by atoms with Crippen molar-refractivity contribution in [3.63, 3.8) is 0 Å². The molecule has 0 amide bonds. The summed E-state index contributed by atoms with van der Waals surface area (Å²) >= 11 is 0. The quantitative estimate of drug-likeness (QED) is 0.529. The third-order valence-corrected chi connectivity index (χ3v) is 2.65. The molecule has 0 aliphatic carbocycles. The summed E-state index contributed by atoms with van der Waals surface area (Å²) in [5, 5.41) is 13.2. The van der Waals surface area contributed by atoms with Crippen molar-refractivity contribution in [3.8, 4) is 0 Å². The van der Waals surface area contributed by atoms with Crippen LogP contribution in [0.4, 0.5) is 24.5 Å². The van der Waals surface area contributed by atoms with E-state index in [9.17, 15) is 23.3 Å². The van der Waals surface area contributed by atoms with Crippen LogP contribution in [0, 0.1) is 27.6 Å². The zero-order chi connectivity index (χ0) is 14.7. The number of nitro groups is 1. The van der Waals surface area contributed by atoms with Gasteiger partial charge in [-0.15, -0.1) is 0 Å². The predicted molar refractivity (Wildman–Crippen MR) is 66.7 cm³/mol. The maximum Gasteiger partial charge on any atom is 0.269 e. The first-order valence-corrected chi connectivity index (χ1v) is 5.59. The number of nitro benzene ring substituents is 1. The van der Waals surface area contributed by atoms with E-state index in [1.807, 2.05) is 0 Å². The van der Waals surface area contributed by atoms with Crippen LogP contribution in [0.1, 0.15) is 5.56 Å². The fourth-order valence-corrected chi connectivity index (χ4v) is 1.60. The molecule has 0 saturated carbocycles. The van der Waals surface area contributed by atoms with E-state index in [4.69, 9.17) is 0 Å². The fourth-order valence-electron chi connectivity index (χ4n) is 1.60. The summed E-state index contributed by atoms with van der Waals surface area (Å²) in [4.78, 5) is 9.92. The van der Waals surface area contributed by atoms with Gasteiger partial charge < -0.3 is 5.32 Å². The van der Waals surface area contributed by atoms with Crippen molar-refractivity contribution in [1.82, 2.24) is 0 Å². The molecule has 20 heavy (non-hydrogen) atoms. The summed E-state index contributed by atoms with van der Waals surface area (Å²) in [5.41, 5.74) is 0.386. The predicted octanol–water partition coefficient (Wildman–Crippen LogP) is 3.62. The van der Waals surface area contributed by atoms with Crippen molar-refractivity contribution < 1.29 is 18.1 Å². The van der Waals surface area contributed by atoms with Gasteiger partial charge in [-0.25, -0.2) is 13.2 Å². The molecule has 7 heteroatoms. The van der Waals surface area contributed by atoms with E-state index in [-0.39, 0.29) is 17.8 Å². The molecule has 0 spiro atoms. The lowest BCUT2D eigenvalue weighted by atomic mass is 10.2. The zero-order valence-electron chi connectivity index (χ0n) is 10.1. The molecule has 0 atom stereocenters. The van der Waals surface area contributed by atoms with Gasteiger partial charge in [0.1, 0.15) is 5.82 Å². The van der Waals surface area contributed by atoms with Crippen molar-refractivity contribution in [3.05, 3.63) is 69.5 Å². The molecule has 4 nitrogen and oxygen atoms in total. The van der Waals surface area contributed by atoms with Crippen LogP contribution in [0.15, 0.2) is 36.4 Å². The Kier molecular flexibility index (Phi) is 3.88. The van der Waals surface area contributed by atoms with Crippen LogP contribution in [-0.2, 0) is 6.54 Å². The zero-order valence-corrected chi connectivity index (χ0v) is 10.1. The smallest absolute Gasteiger partial charge is 0.269 e. The number of nitrogens with one attached hydrogen (secondary N) is 1. The summed E-state index contributed by atoms with van der Waals surface area (Å²) in [6, 6.07) is 6.69. The van der Waals surface area contributed by atoms with Crippen molar-refractivity contribution >= 4 is 11.4 Å². The molecule has 0 aliphatic rings. The van der Waals surface area contributed by atoms with Crippen molar-refractivity contribution in [2.24, 2.45) is 0 Å². The molecule has 0 radical (unpaired) electrons. The molecule has 0 aromatic heterocycles. The molecule has 0 aliphatic heterocycles. The van der Waals surface area contributed by atoms with Crippen LogP contribution >= 0.6 is 0 Å². The minimum atomic E-state index is -1.25. The number of rotatable bonds is 4. The Hall–Kier alpha value is -2.57. The van der Waals surface area contributed by atoms with E-state index in [1.54, 1.807) is 0 Å². The Labute approximate surface area is 112 Å². The van der Waals surface area contributed by atoms with E-state index in [0.717, 1.165) is 6.07 Å². The number of hydrogen-bond donors (Lipinski definition) is 1. The summed E-state index contributed by atoms with van der Waals surface area (Å²) in [6.45, 7) is -0.0686. The minimum Gasteiger partial charge on any atom is -0.381 e. The third kappa shape index (κ3) is 3.05. The number of anilines is 1. The summed E-state index contributed by atoms with van der Waals surface area (Å²) < 4.78 is 39.1. The Bertz CT molecular complexity index is 645. The van der Waals surface area contributed by atoms with Crippen molar-refractivity contribution in [1.29, 1.82) is 0 Å². The molecule has 2 aromatic carbocycles. The lowest BCUT2D eigenvalue weighted by molar-refractivity contribution is -0.384. The topological polar surface area (TPSA) is 55.2 Å². The van der Waals surface area contributed by atoms with Crippen LogP contribution in [0.2, 0.25) is 0 Å². The second-order valence-corrected chi connectivity index (χ2v) is 4.02. The molecule has 104 valence electrons. The van der Waals surface area contributed by atoms with E-state index in [1.165, 1.54) is 24.3 Å². The van der Waals surface area contributed by atoms with E-state index in [2.05, 4.69) is 5.32 Å². The molecule has 0 fully saturated rings. The van der Waals surface area contributed by atoms with Gasteiger partial charge in [0.2, 0.25) is 0 Å². The van der Waals surface area contributed by atoms with Crippen molar-refractivity contribution in [2.45, 2.75) is 6.54 Å². The molecule has 0 bridgehead atoms. The molecule has 0 saturated heterocycles. The number of benzene rings is 2. The molecule has 0 unspecified atom stereocenters. The van der Waals surface area contributed by atoms with Crippen LogP contribution in [-0.4, -0.2) is 4.92 Å². The standard InChI is InChI=1S/C13H9F3N2O2/c14-11-6-13(16)12(15)5-8(11)7-17-9-1-3-10(4-2-9)18(19)20/h1-6,17H,7H2. The minimum absolute atomic E-state index is 0.0396. The summed E-state index contributed by atoms with van der Waals surface area (Å²) in [5.74, 6) is -3.24. The summed E-state index contributed by atoms with van der Waals surface area (Å²) in [7, 11) is 0. The number of nitrogens with zero attached hydrogens (tertiary/aromatic N) is 1. The normalized spacial score (nSPS) is 10.3. The monoisotopic (exact) mass is 282 g/mol. The van der Waals surface area contributed by atoms with Gasteiger partial charge in [0.05, 0.1) is 4.92 Å². The average Bonchev–Trinajstić information content (AvgIpc) is 2.42. The molecule has 2 aromatic rings. The number of halogens is 3. The molecular formula is C13H9F3N2O2. The molecule has 1 N–H and O–H groups in total. The van der Waals surface area contributed by atoms with Crippen LogP contribution < -0.4 is 5.32 Å². The highest BCUT2D eigenvalue weighted by Crippen LogP contribution is 2.18. The maximum absolute atomic E-state index is 13.4. The van der Waals surface area contributed by atoms with Gasteiger partial charge in [0.25, 0.3) is 5.69 Å². The molecule has 0 heterocycles. The first-order chi connectivity index (χ1) is 9.47. The second kappa shape index (κ2) is 5.60. The van der Waals surface area contributed by atoms with Gasteiger partial charge in [-0.05, 0) is 18.2 Å². The first-order valence-electron chi connectivity index (χ1n) is 5.59. The van der Waals surface area contributed by atoms with E-state index < -0.39 is 22.4 Å².